The average Bonchev–Trinajstić information content (AvgIpc) is 2.97. The van der Waals surface area contributed by atoms with E-state index in [2.05, 4.69) is 18.3 Å². The minimum Gasteiger partial charge on any atom is -0.469 e. The maximum atomic E-state index is 12.6. The van der Waals surface area contributed by atoms with Gasteiger partial charge < -0.3 is 14.6 Å². The van der Waals surface area contributed by atoms with Crippen LogP contribution in [0.2, 0.25) is 0 Å². The van der Waals surface area contributed by atoms with Gasteiger partial charge in [0.05, 0.1) is 18.4 Å². The Morgan fingerprint density at radius 2 is 2.09 bits per heavy atom. The molecule has 120 valence electrons. The molecular weight excluding hydrogens is 292 g/mol. The third-order valence-corrected chi connectivity index (χ3v) is 4.15. The Hall–Kier alpha value is -2.56. The van der Waals surface area contributed by atoms with Crippen molar-refractivity contribution in [3.8, 4) is 0 Å². The third kappa shape index (κ3) is 3.13. The van der Waals surface area contributed by atoms with Crippen LogP contribution in [0.1, 0.15) is 28.6 Å². The van der Waals surface area contributed by atoms with Gasteiger partial charge in [0.15, 0.2) is 0 Å². The van der Waals surface area contributed by atoms with Crippen molar-refractivity contribution in [2.24, 2.45) is 5.92 Å². The quantitative estimate of drug-likeness (QED) is 0.947. The Morgan fingerprint density at radius 3 is 2.83 bits per heavy atom. The van der Waals surface area contributed by atoms with E-state index in [4.69, 9.17) is 4.42 Å². The van der Waals surface area contributed by atoms with Crippen molar-refractivity contribution in [1.29, 1.82) is 0 Å². The van der Waals surface area contributed by atoms with Gasteiger partial charge >= 0.3 is 0 Å². The molecule has 2 amide bonds. The molecule has 1 atom stereocenters. The van der Waals surface area contributed by atoms with Crippen LogP contribution in [0.15, 0.2) is 41.0 Å². The number of hydrogen-bond donors (Lipinski definition) is 1. The van der Waals surface area contributed by atoms with Gasteiger partial charge in [-0.25, -0.2) is 0 Å². The van der Waals surface area contributed by atoms with Gasteiger partial charge in [-0.2, -0.15) is 0 Å². The van der Waals surface area contributed by atoms with Gasteiger partial charge in [-0.3, -0.25) is 9.59 Å². The van der Waals surface area contributed by atoms with Crippen molar-refractivity contribution in [2.45, 2.75) is 20.3 Å². The summed E-state index contributed by atoms with van der Waals surface area (Å²) in [5.41, 5.74) is 2.59. The van der Waals surface area contributed by atoms with Crippen LogP contribution in [0.3, 0.4) is 0 Å². The van der Waals surface area contributed by atoms with Crippen molar-refractivity contribution in [1.82, 2.24) is 5.32 Å². The summed E-state index contributed by atoms with van der Waals surface area (Å²) in [7, 11) is 0. The SMILES string of the molecule is Cc1occc1C(=O)NCC(=O)N1C[C@@H](C)Cc2ccccc21. The molecule has 1 aromatic carbocycles. The molecule has 23 heavy (non-hydrogen) atoms. The second-order valence-electron chi connectivity index (χ2n) is 6.02. The van der Waals surface area contributed by atoms with Gasteiger partial charge in [-0.1, -0.05) is 25.1 Å². The summed E-state index contributed by atoms with van der Waals surface area (Å²) < 4.78 is 5.11. The van der Waals surface area contributed by atoms with Crippen LogP contribution >= 0.6 is 0 Å². The largest absolute Gasteiger partial charge is 0.469 e. The van der Waals surface area contributed by atoms with E-state index in [9.17, 15) is 9.59 Å². The van der Waals surface area contributed by atoms with E-state index in [1.165, 1.54) is 11.8 Å². The maximum absolute atomic E-state index is 12.6. The molecule has 1 aromatic heterocycles. The van der Waals surface area contributed by atoms with Crippen LogP contribution < -0.4 is 10.2 Å². The smallest absolute Gasteiger partial charge is 0.255 e. The zero-order valence-corrected chi connectivity index (χ0v) is 13.3. The van der Waals surface area contributed by atoms with Crippen molar-refractivity contribution in [3.05, 3.63) is 53.5 Å². The number of hydrogen-bond acceptors (Lipinski definition) is 3. The standard InChI is InChI=1S/C18H20N2O3/c1-12-9-14-5-3-4-6-16(14)20(11-12)17(21)10-19-18(22)15-7-8-23-13(15)2/h3-8,12H,9-11H2,1-2H3,(H,19,22)/t12-/m0/s1. The number of aryl methyl sites for hydroxylation is 1. The molecule has 5 heteroatoms. The molecular formula is C18H20N2O3. The Labute approximate surface area is 135 Å². The fraction of sp³-hybridized carbons (Fsp3) is 0.333. The number of furan rings is 1. The highest BCUT2D eigenvalue weighted by Gasteiger charge is 2.26. The molecule has 0 saturated carbocycles. The number of carbonyl (C=O) groups is 2. The van der Waals surface area contributed by atoms with Crippen molar-refractivity contribution in [3.63, 3.8) is 0 Å². The number of benzene rings is 1. The number of anilines is 1. The minimum atomic E-state index is -0.289. The van der Waals surface area contributed by atoms with Crippen molar-refractivity contribution in [2.75, 3.05) is 18.0 Å². The molecule has 2 aromatic rings. The Balaban J connectivity index is 1.69. The first kappa shape index (κ1) is 15.3. The van der Waals surface area contributed by atoms with E-state index in [0.29, 0.717) is 23.8 Å². The molecule has 5 nitrogen and oxygen atoms in total. The van der Waals surface area contributed by atoms with Crippen LogP contribution in [-0.2, 0) is 11.2 Å². The van der Waals surface area contributed by atoms with Crippen LogP contribution in [0.5, 0.6) is 0 Å². The number of amides is 2. The van der Waals surface area contributed by atoms with Gasteiger partial charge in [-0.15, -0.1) is 0 Å². The van der Waals surface area contributed by atoms with Crippen LogP contribution in [0, 0.1) is 12.8 Å². The predicted molar refractivity (Wildman–Crippen MR) is 87.4 cm³/mol. The molecule has 0 radical (unpaired) electrons. The first-order chi connectivity index (χ1) is 11.1. The van der Waals surface area contributed by atoms with Gasteiger partial charge in [0.2, 0.25) is 5.91 Å². The zero-order valence-electron chi connectivity index (χ0n) is 13.3. The Kier molecular flexibility index (Phi) is 4.19. The molecule has 0 aliphatic carbocycles. The van der Waals surface area contributed by atoms with Crippen LogP contribution in [-0.4, -0.2) is 24.9 Å². The predicted octanol–water partition coefficient (Wildman–Crippen LogP) is 2.54. The molecule has 0 spiro atoms. The van der Waals surface area contributed by atoms with Crippen molar-refractivity contribution < 1.29 is 14.0 Å². The topological polar surface area (TPSA) is 62.6 Å². The molecule has 3 rings (SSSR count). The van der Waals surface area contributed by atoms with Crippen molar-refractivity contribution >= 4 is 17.5 Å². The summed E-state index contributed by atoms with van der Waals surface area (Å²) in [6.45, 7) is 4.50. The highest BCUT2D eigenvalue weighted by Crippen LogP contribution is 2.29. The zero-order chi connectivity index (χ0) is 16.4. The monoisotopic (exact) mass is 312 g/mol. The molecule has 0 fully saturated rings. The number of rotatable bonds is 3. The molecule has 2 heterocycles. The highest BCUT2D eigenvalue weighted by atomic mass is 16.3. The van der Waals surface area contributed by atoms with Gasteiger partial charge in [0.1, 0.15) is 5.76 Å². The Morgan fingerprint density at radius 1 is 1.30 bits per heavy atom. The average molecular weight is 312 g/mol. The first-order valence-electron chi connectivity index (χ1n) is 7.77. The molecule has 1 N–H and O–H groups in total. The fourth-order valence-electron chi connectivity index (χ4n) is 3.00. The summed E-state index contributed by atoms with van der Waals surface area (Å²) in [6, 6.07) is 9.54. The van der Waals surface area contributed by atoms with E-state index < -0.39 is 0 Å². The van der Waals surface area contributed by atoms with E-state index >= 15 is 0 Å². The van der Waals surface area contributed by atoms with E-state index in [1.54, 1.807) is 17.9 Å². The molecule has 0 saturated heterocycles. The minimum absolute atomic E-state index is 0.0233. The number of fused-ring (bicyclic) bond motifs is 1. The van der Waals surface area contributed by atoms with E-state index in [1.807, 2.05) is 18.2 Å². The second kappa shape index (κ2) is 6.28. The summed E-state index contributed by atoms with van der Waals surface area (Å²) in [4.78, 5) is 26.4. The number of para-hydroxylation sites is 1. The molecule has 1 aliphatic rings. The van der Waals surface area contributed by atoms with E-state index in [-0.39, 0.29) is 18.4 Å². The fourth-order valence-corrected chi connectivity index (χ4v) is 3.00. The number of nitrogens with zero attached hydrogens (tertiary/aromatic N) is 1. The summed E-state index contributed by atoms with van der Waals surface area (Å²) >= 11 is 0. The molecule has 0 unspecified atom stereocenters. The first-order valence-corrected chi connectivity index (χ1v) is 7.77. The lowest BCUT2D eigenvalue weighted by Crippen LogP contribution is -2.44. The molecule has 0 bridgehead atoms. The highest BCUT2D eigenvalue weighted by molar-refractivity contribution is 6.01. The van der Waals surface area contributed by atoms with Gasteiger partial charge in [0, 0.05) is 12.2 Å². The third-order valence-electron chi connectivity index (χ3n) is 4.15. The van der Waals surface area contributed by atoms with Crippen LogP contribution in [0.25, 0.3) is 0 Å². The lowest BCUT2D eigenvalue weighted by atomic mass is 9.94. The second-order valence-corrected chi connectivity index (χ2v) is 6.02. The normalized spacial score (nSPS) is 16.8. The van der Waals surface area contributed by atoms with Gasteiger partial charge in [0.25, 0.3) is 5.91 Å². The maximum Gasteiger partial charge on any atom is 0.255 e. The summed E-state index contributed by atoms with van der Waals surface area (Å²) in [5.74, 6) is 0.564. The molecule has 1 aliphatic heterocycles. The number of nitrogens with one attached hydrogen (secondary N) is 1. The summed E-state index contributed by atoms with van der Waals surface area (Å²) in [5, 5.41) is 2.68. The van der Waals surface area contributed by atoms with Crippen LogP contribution in [0.4, 0.5) is 5.69 Å². The lowest BCUT2D eigenvalue weighted by molar-refractivity contribution is -0.117. The van der Waals surface area contributed by atoms with Gasteiger partial charge in [-0.05, 0) is 37.0 Å². The Bertz CT molecular complexity index is 735. The van der Waals surface area contributed by atoms with E-state index in [0.717, 1.165) is 12.1 Å². The lowest BCUT2D eigenvalue weighted by Gasteiger charge is -2.33. The number of carbonyl (C=O) groups excluding carboxylic acids is 2. The summed E-state index contributed by atoms with van der Waals surface area (Å²) in [6.07, 6.45) is 2.44.